The number of nitrogens with two attached hydrogens (primary N) is 1. The first-order valence-electron chi connectivity index (χ1n) is 6.94. The van der Waals surface area contributed by atoms with Crippen LogP contribution < -0.4 is 10.6 Å². The number of hydrogen-bond donors (Lipinski definition) is 1. The molecule has 0 radical (unpaired) electrons. The number of aromatic nitrogens is 3. The minimum atomic E-state index is 0.574. The van der Waals surface area contributed by atoms with Gasteiger partial charge >= 0.3 is 0 Å². The quantitative estimate of drug-likeness (QED) is 0.795. The summed E-state index contributed by atoms with van der Waals surface area (Å²) in [5, 5.41) is 0. The molecule has 0 saturated heterocycles. The van der Waals surface area contributed by atoms with Crippen molar-refractivity contribution in [3.63, 3.8) is 0 Å². The summed E-state index contributed by atoms with van der Waals surface area (Å²) in [7, 11) is 4.03. The van der Waals surface area contributed by atoms with E-state index < -0.39 is 0 Å². The van der Waals surface area contributed by atoms with Gasteiger partial charge in [0.25, 0.3) is 0 Å². The lowest BCUT2D eigenvalue weighted by molar-refractivity contribution is 0.900. The lowest BCUT2D eigenvalue weighted by atomic mass is 10.1. The largest absolute Gasteiger partial charge is 0.353 e. The highest BCUT2D eigenvalue weighted by Gasteiger charge is 2.11. The Morgan fingerprint density at radius 2 is 1.81 bits per heavy atom. The second-order valence-corrected chi connectivity index (χ2v) is 5.23. The number of pyridine rings is 1. The van der Waals surface area contributed by atoms with Gasteiger partial charge in [-0.2, -0.15) is 0 Å². The van der Waals surface area contributed by atoms with Crippen LogP contribution in [0.3, 0.4) is 0 Å². The van der Waals surface area contributed by atoms with Crippen LogP contribution >= 0.6 is 0 Å². The molecule has 0 aliphatic heterocycles. The normalized spacial score (nSPS) is 11.0. The third-order valence-corrected chi connectivity index (χ3v) is 3.66. The zero-order valence-corrected chi connectivity index (χ0v) is 12.3. The third-order valence-electron chi connectivity index (χ3n) is 3.66. The predicted molar refractivity (Wildman–Crippen MR) is 84.9 cm³/mol. The van der Waals surface area contributed by atoms with E-state index in [-0.39, 0.29) is 0 Å². The van der Waals surface area contributed by atoms with Crippen LogP contribution in [0.15, 0.2) is 42.9 Å². The fraction of sp³-hybridized carbons (Fsp3) is 0.250. The number of imidazole rings is 1. The van der Waals surface area contributed by atoms with Gasteiger partial charge in [0.15, 0.2) is 5.82 Å². The molecule has 0 atom stereocenters. The van der Waals surface area contributed by atoms with Gasteiger partial charge in [-0.1, -0.05) is 24.3 Å². The molecule has 3 rings (SSSR count). The molecule has 0 saturated carbocycles. The molecule has 2 N–H and O–H groups in total. The zero-order valence-electron chi connectivity index (χ0n) is 12.3. The first-order chi connectivity index (χ1) is 10.2. The maximum atomic E-state index is 5.63. The van der Waals surface area contributed by atoms with E-state index >= 15 is 0 Å². The molecule has 5 nitrogen and oxygen atoms in total. The predicted octanol–water partition coefficient (Wildman–Crippen LogP) is 2.06. The molecule has 0 aliphatic rings. The summed E-state index contributed by atoms with van der Waals surface area (Å²) >= 11 is 0. The van der Waals surface area contributed by atoms with E-state index in [1.807, 2.05) is 37.3 Å². The summed E-state index contributed by atoms with van der Waals surface area (Å²) < 4.78 is 2.00. The van der Waals surface area contributed by atoms with Gasteiger partial charge in [-0.05, 0) is 17.2 Å². The third kappa shape index (κ3) is 2.60. The van der Waals surface area contributed by atoms with E-state index in [2.05, 4.69) is 39.1 Å². The Kier molecular flexibility index (Phi) is 3.58. The van der Waals surface area contributed by atoms with Gasteiger partial charge in [-0.3, -0.25) is 0 Å². The molecule has 21 heavy (non-hydrogen) atoms. The van der Waals surface area contributed by atoms with E-state index in [4.69, 9.17) is 5.73 Å². The van der Waals surface area contributed by atoms with E-state index in [9.17, 15) is 0 Å². The molecule has 1 aromatic carbocycles. The molecule has 108 valence electrons. The van der Waals surface area contributed by atoms with Crippen LogP contribution in [0.4, 0.5) is 5.82 Å². The Hall–Kier alpha value is -2.40. The minimum Gasteiger partial charge on any atom is -0.353 e. The van der Waals surface area contributed by atoms with Gasteiger partial charge in [0.2, 0.25) is 0 Å². The molecular formula is C16H19N5. The van der Waals surface area contributed by atoms with Crippen LogP contribution in [0.5, 0.6) is 0 Å². The highest BCUT2D eigenvalue weighted by atomic mass is 15.2. The average Bonchev–Trinajstić information content (AvgIpc) is 2.89. The molecular weight excluding hydrogens is 262 g/mol. The van der Waals surface area contributed by atoms with Gasteiger partial charge in [-0.25, -0.2) is 9.97 Å². The van der Waals surface area contributed by atoms with Crippen LogP contribution in [0.2, 0.25) is 0 Å². The lowest BCUT2D eigenvalue weighted by Gasteiger charge is -2.18. The summed E-state index contributed by atoms with van der Waals surface area (Å²) in [5.41, 5.74) is 10.0. The van der Waals surface area contributed by atoms with Crippen LogP contribution in [-0.2, 0) is 20.1 Å². The summed E-state index contributed by atoms with van der Waals surface area (Å²) in [5.74, 6) is 0.899. The molecule has 0 amide bonds. The first kappa shape index (κ1) is 13.6. The van der Waals surface area contributed by atoms with Gasteiger partial charge in [0.05, 0.1) is 11.8 Å². The highest BCUT2D eigenvalue weighted by Crippen LogP contribution is 2.22. The zero-order chi connectivity index (χ0) is 14.8. The van der Waals surface area contributed by atoms with Gasteiger partial charge < -0.3 is 15.2 Å². The number of rotatable bonds is 4. The van der Waals surface area contributed by atoms with Crippen molar-refractivity contribution in [3.8, 4) is 0 Å². The molecule has 5 heteroatoms. The Labute approximate surface area is 124 Å². The summed E-state index contributed by atoms with van der Waals surface area (Å²) in [6.45, 7) is 1.36. The van der Waals surface area contributed by atoms with Crippen molar-refractivity contribution in [2.24, 2.45) is 12.8 Å². The highest BCUT2D eigenvalue weighted by molar-refractivity contribution is 5.86. The van der Waals surface area contributed by atoms with Crippen LogP contribution in [0.1, 0.15) is 11.1 Å². The molecule has 2 aromatic heterocycles. The van der Waals surface area contributed by atoms with Gasteiger partial charge in [0, 0.05) is 33.4 Å². The number of fused-ring (bicyclic) bond motifs is 1. The van der Waals surface area contributed by atoms with Crippen molar-refractivity contribution in [2.45, 2.75) is 13.1 Å². The van der Waals surface area contributed by atoms with Crippen molar-refractivity contribution >= 4 is 16.9 Å². The van der Waals surface area contributed by atoms with Gasteiger partial charge in [-0.15, -0.1) is 0 Å². The van der Waals surface area contributed by atoms with Crippen molar-refractivity contribution in [3.05, 3.63) is 54.0 Å². The summed E-state index contributed by atoms with van der Waals surface area (Å²) in [6.07, 6.45) is 3.65. The first-order valence-corrected chi connectivity index (χ1v) is 6.94. The molecule has 0 spiro atoms. The smallest absolute Gasteiger partial charge is 0.156 e. The number of nitrogens with zero attached hydrogens (tertiary/aromatic N) is 4. The van der Waals surface area contributed by atoms with Crippen molar-refractivity contribution in [1.82, 2.24) is 14.5 Å². The van der Waals surface area contributed by atoms with Gasteiger partial charge in [0.1, 0.15) is 5.52 Å². The molecule has 0 bridgehead atoms. The molecule has 0 aliphatic carbocycles. The second-order valence-electron chi connectivity index (χ2n) is 5.23. The Bertz CT molecular complexity index is 745. The molecule has 2 heterocycles. The molecule has 0 unspecified atom stereocenters. The maximum absolute atomic E-state index is 5.63. The fourth-order valence-electron chi connectivity index (χ4n) is 2.46. The minimum absolute atomic E-state index is 0.574. The van der Waals surface area contributed by atoms with E-state index in [1.165, 1.54) is 5.56 Å². The Morgan fingerprint density at radius 1 is 1.10 bits per heavy atom. The number of aryl methyl sites for hydroxylation is 1. The number of anilines is 1. The standard InChI is InChI=1S/C16H19N5/c1-20(10-13-5-3-12(9-17)4-6-13)16-15-14(7-8-18-16)21(2)11-19-15/h3-8,11H,9-10,17H2,1-2H3. The SMILES string of the molecule is CN(Cc1ccc(CN)cc1)c1nccc2c1ncn2C. The monoisotopic (exact) mass is 281 g/mol. The summed E-state index contributed by atoms with van der Waals surface area (Å²) in [6, 6.07) is 10.3. The maximum Gasteiger partial charge on any atom is 0.156 e. The fourth-order valence-corrected chi connectivity index (χ4v) is 2.46. The van der Waals surface area contributed by atoms with Crippen LogP contribution in [-0.4, -0.2) is 21.6 Å². The Balaban J connectivity index is 1.87. The van der Waals surface area contributed by atoms with Crippen molar-refractivity contribution in [1.29, 1.82) is 0 Å². The van der Waals surface area contributed by atoms with Crippen molar-refractivity contribution in [2.75, 3.05) is 11.9 Å². The van der Waals surface area contributed by atoms with Crippen molar-refractivity contribution < 1.29 is 0 Å². The van der Waals surface area contributed by atoms with E-state index in [0.717, 1.165) is 29.0 Å². The second kappa shape index (κ2) is 5.54. The van der Waals surface area contributed by atoms with Crippen LogP contribution in [0.25, 0.3) is 11.0 Å². The van der Waals surface area contributed by atoms with Crippen LogP contribution in [0, 0.1) is 0 Å². The topological polar surface area (TPSA) is 60.0 Å². The molecule has 3 aromatic rings. The van der Waals surface area contributed by atoms with E-state index in [1.54, 1.807) is 0 Å². The van der Waals surface area contributed by atoms with E-state index in [0.29, 0.717) is 6.54 Å². The number of hydrogen-bond acceptors (Lipinski definition) is 4. The summed E-state index contributed by atoms with van der Waals surface area (Å²) in [4.78, 5) is 11.0. The number of benzene rings is 1. The Morgan fingerprint density at radius 3 is 2.52 bits per heavy atom. The molecule has 0 fully saturated rings. The average molecular weight is 281 g/mol. The lowest BCUT2D eigenvalue weighted by Crippen LogP contribution is -2.18.